The van der Waals surface area contributed by atoms with Crippen molar-refractivity contribution in [3.05, 3.63) is 83.2 Å². The highest BCUT2D eigenvalue weighted by atomic mass is 15.3. The maximum atomic E-state index is 4.87. The Bertz CT molecular complexity index is 1110. The molecule has 4 heteroatoms. The second-order valence-electron chi connectivity index (χ2n) is 6.34. The van der Waals surface area contributed by atoms with Gasteiger partial charge in [-0.25, -0.2) is 4.52 Å². The smallest absolute Gasteiger partial charge is 0.181 e. The van der Waals surface area contributed by atoms with E-state index in [9.17, 15) is 0 Å². The number of benzene rings is 1. The van der Waals surface area contributed by atoms with Gasteiger partial charge in [-0.1, -0.05) is 60.7 Å². The van der Waals surface area contributed by atoms with Crippen molar-refractivity contribution >= 4 is 17.3 Å². The van der Waals surface area contributed by atoms with Gasteiger partial charge in [-0.05, 0) is 30.6 Å². The summed E-state index contributed by atoms with van der Waals surface area (Å²) in [6.07, 6.45) is 13.5. The van der Waals surface area contributed by atoms with Crippen LogP contribution in [0.2, 0.25) is 0 Å². The highest BCUT2D eigenvalue weighted by Crippen LogP contribution is 2.32. The summed E-state index contributed by atoms with van der Waals surface area (Å²) in [6, 6.07) is 10.2. The normalized spacial score (nSPS) is 15.4. The number of aryl methyl sites for hydroxylation is 1. The SMILES string of the molecule is Cc1c(-c2ccccc2)nn2c3c(nnc12)C1=CC=CC=C(C=C3)C1. The van der Waals surface area contributed by atoms with E-state index in [0.717, 1.165) is 40.3 Å². The van der Waals surface area contributed by atoms with Crippen molar-refractivity contribution in [1.29, 1.82) is 0 Å². The Morgan fingerprint density at radius 3 is 2.64 bits per heavy atom. The van der Waals surface area contributed by atoms with E-state index < -0.39 is 0 Å². The number of aromatic nitrogens is 4. The molecule has 2 heterocycles. The molecule has 5 rings (SSSR count). The molecule has 0 unspecified atom stereocenters. The Labute approximate surface area is 145 Å². The molecule has 0 aliphatic heterocycles. The van der Waals surface area contributed by atoms with Crippen molar-refractivity contribution < 1.29 is 0 Å². The number of hydrogen-bond donors (Lipinski definition) is 0. The van der Waals surface area contributed by atoms with Gasteiger partial charge in [0.25, 0.3) is 0 Å². The highest BCUT2D eigenvalue weighted by molar-refractivity contribution is 5.79. The van der Waals surface area contributed by atoms with Gasteiger partial charge in [0.1, 0.15) is 5.69 Å². The average molecular weight is 324 g/mol. The largest absolute Gasteiger partial charge is 0.210 e. The third-order valence-electron chi connectivity index (χ3n) is 4.73. The number of rotatable bonds is 1. The Kier molecular flexibility index (Phi) is 3.04. The molecular formula is C21H16N4. The van der Waals surface area contributed by atoms with Crippen LogP contribution in [0.4, 0.5) is 0 Å². The van der Waals surface area contributed by atoms with Crippen LogP contribution in [0.15, 0.2) is 66.3 Å². The summed E-state index contributed by atoms with van der Waals surface area (Å²) in [5.74, 6) is 0. The van der Waals surface area contributed by atoms with Crippen molar-refractivity contribution in [1.82, 2.24) is 19.8 Å². The Hall–Kier alpha value is -3.27. The number of hydrogen-bond acceptors (Lipinski definition) is 3. The van der Waals surface area contributed by atoms with Crippen LogP contribution < -0.4 is 0 Å². The molecule has 0 amide bonds. The lowest BCUT2D eigenvalue weighted by atomic mass is 10.1. The summed E-state index contributed by atoms with van der Waals surface area (Å²) >= 11 is 0. The molecule has 1 aromatic carbocycles. The van der Waals surface area contributed by atoms with Crippen LogP contribution >= 0.6 is 0 Å². The second kappa shape index (κ2) is 5.38. The zero-order valence-electron chi connectivity index (χ0n) is 13.8. The van der Waals surface area contributed by atoms with Crippen molar-refractivity contribution in [3.63, 3.8) is 0 Å². The maximum Gasteiger partial charge on any atom is 0.181 e. The summed E-state index contributed by atoms with van der Waals surface area (Å²) in [5.41, 5.74) is 8.23. The molecule has 0 spiro atoms. The van der Waals surface area contributed by atoms with Gasteiger partial charge in [0, 0.05) is 11.1 Å². The van der Waals surface area contributed by atoms with Crippen LogP contribution in [-0.4, -0.2) is 19.8 Å². The van der Waals surface area contributed by atoms with Crippen molar-refractivity contribution in [2.75, 3.05) is 0 Å². The molecule has 2 bridgehead atoms. The zero-order chi connectivity index (χ0) is 16.8. The molecule has 4 nitrogen and oxygen atoms in total. The molecule has 2 aromatic heterocycles. The Morgan fingerprint density at radius 2 is 1.76 bits per heavy atom. The minimum Gasteiger partial charge on any atom is -0.210 e. The van der Waals surface area contributed by atoms with E-state index in [1.807, 2.05) is 22.7 Å². The standard InChI is InChI=1S/C21H16N4/c1-14-19(16-8-3-2-4-9-16)24-25-18-12-11-15-7-5-6-10-17(13-15)20(18)22-23-21(14)25/h2-12H,13H2,1H3. The van der Waals surface area contributed by atoms with Gasteiger partial charge in [0.2, 0.25) is 0 Å². The molecule has 3 aromatic rings. The number of nitrogens with zero attached hydrogens (tertiary/aromatic N) is 4. The van der Waals surface area contributed by atoms with Crippen LogP contribution in [0.3, 0.4) is 0 Å². The van der Waals surface area contributed by atoms with Crippen molar-refractivity contribution in [2.24, 2.45) is 0 Å². The fraction of sp³-hybridized carbons (Fsp3) is 0.0952. The molecule has 0 radical (unpaired) electrons. The van der Waals surface area contributed by atoms with Gasteiger partial charge in [-0.3, -0.25) is 0 Å². The predicted octanol–water partition coefficient (Wildman–Crippen LogP) is 4.40. The first kappa shape index (κ1) is 14.1. The lowest BCUT2D eigenvalue weighted by Crippen LogP contribution is -2.04. The molecule has 120 valence electrons. The lowest BCUT2D eigenvalue weighted by molar-refractivity contribution is 0.868. The molecule has 0 saturated heterocycles. The summed E-state index contributed by atoms with van der Waals surface area (Å²) in [7, 11) is 0. The lowest BCUT2D eigenvalue weighted by Gasteiger charge is -2.07. The van der Waals surface area contributed by atoms with E-state index >= 15 is 0 Å². The van der Waals surface area contributed by atoms with Gasteiger partial charge in [0.05, 0.1) is 11.4 Å². The third-order valence-corrected chi connectivity index (χ3v) is 4.73. The molecule has 0 saturated carbocycles. The van der Waals surface area contributed by atoms with E-state index in [4.69, 9.17) is 5.10 Å². The van der Waals surface area contributed by atoms with E-state index in [2.05, 4.69) is 65.7 Å². The van der Waals surface area contributed by atoms with Gasteiger partial charge in [-0.15, -0.1) is 10.2 Å². The summed E-state index contributed by atoms with van der Waals surface area (Å²) in [4.78, 5) is 0. The van der Waals surface area contributed by atoms with Crippen LogP contribution in [0.1, 0.15) is 23.4 Å². The van der Waals surface area contributed by atoms with E-state index in [1.54, 1.807) is 0 Å². The summed E-state index contributed by atoms with van der Waals surface area (Å²) in [6.45, 7) is 2.06. The summed E-state index contributed by atoms with van der Waals surface area (Å²) in [5, 5.41) is 13.9. The monoisotopic (exact) mass is 324 g/mol. The van der Waals surface area contributed by atoms with E-state index in [0.29, 0.717) is 0 Å². The number of allylic oxidation sites excluding steroid dienone is 7. The van der Waals surface area contributed by atoms with Gasteiger partial charge in [-0.2, -0.15) is 5.10 Å². The second-order valence-corrected chi connectivity index (χ2v) is 6.34. The van der Waals surface area contributed by atoms with Crippen LogP contribution in [0, 0.1) is 6.92 Å². The third kappa shape index (κ3) is 2.18. The number of fused-ring (bicyclic) bond motifs is 6. The van der Waals surface area contributed by atoms with Gasteiger partial charge >= 0.3 is 0 Å². The zero-order valence-corrected chi connectivity index (χ0v) is 13.8. The van der Waals surface area contributed by atoms with Crippen LogP contribution in [0.5, 0.6) is 0 Å². The average Bonchev–Trinajstić information content (AvgIpc) is 2.82. The molecule has 25 heavy (non-hydrogen) atoms. The van der Waals surface area contributed by atoms with Crippen molar-refractivity contribution in [3.8, 4) is 11.3 Å². The highest BCUT2D eigenvalue weighted by Gasteiger charge is 2.21. The fourth-order valence-electron chi connectivity index (χ4n) is 3.42. The molecule has 2 aliphatic carbocycles. The topological polar surface area (TPSA) is 43.1 Å². The van der Waals surface area contributed by atoms with Gasteiger partial charge in [0.15, 0.2) is 5.65 Å². The Balaban J connectivity index is 1.80. The quantitative estimate of drug-likeness (QED) is 0.666. The summed E-state index contributed by atoms with van der Waals surface area (Å²) < 4.78 is 1.93. The molecule has 0 fully saturated rings. The van der Waals surface area contributed by atoms with E-state index in [-0.39, 0.29) is 0 Å². The fourth-order valence-corrected chi connectivity index (χ4v) is 3.42. The van der Waals surface area contributed by atoms with Crippen molar-refractivity contribution in [2.45, 2.75) is 13.3 Å². The molecule has 2 aliphatic rings. The Morgan fingerprint density at radius 1 is 0.920 bits per heavy atom. The first-order valence-electron chi connectivity index (χ1n) is 8.37. The first-order valence-corrected chi connectivity index (χ1v) is 8.37. The van der Waals surface area contributed by atoms with Gasteiger partial charge < -0.3 is 0 Å². The van der Waals surface area contributed by atoms with Crippen LogP contribution in [-0.2, 0) is 0 Å². The molecular weight excluding hydrogens is 308 g/mol. The maximum absolute atomic E-state index is 4.87. The van der Waals surface area contributed by atoms with Crippen LogP contribution in [0.25, 0.3) is 28.6 Å². The minimum absolute atomic E-state index is 0.807. The predicted molar refractivity (Wildman–Crippen MR) is 99.8 cm³/mol. The molecule has 0 N–H and O–H groups in total. The van der Waals surface area contributed by atoms with E-state index in [1.165, 1.54) is 11.1 Å². The minimum atomic E-state index is 0.807. The first-order chi connectivity index (χ1) is 12.3. The molecule has 0 atom stereocenters.